The molecule has 3 N–H and O–H groups in total. The van der Waals surface area contributed by atoms with Gasteiger partial charge in [-0.25, -0.2) is 8.78 Å². The van der Waals surface area contributed by atoms with Gasteiger partial charge in [0.15, 0.2) is 0 Å². The van der Waals surface area contributed by atoms with Crippen molar-refractivity contribution in [2.75, 3.05) is 11.9 Å². The quantitative estimate of drug-likeness (QED) is 0.826. The van der Waals surface area contributed by atoms with Crippen LogP contribution in [0.1, 0.15) is 13.3 Å². The molecule has 0 aliphatic heterocycles. The molecule has 1 rings (SSSR count). The molecular formula is C11H14F2N2O. The summed E-state index contributed by atoms with van der Waals surface area (Å²) in [5.41, 5.74) is 5.22. The minimum Gasteiger partial charge on any atom is -0.330 e. The maximum absolute atomic E-state index is 13.2. The fraction of sp³-hybridized carbons (Fsp3) is 0.364. The van der Waals surface area contributed by atoms with Gasteiger partial charge in [-0.05, 0) is 18.6 Å². The van der Waals surface area contributed by atoms with Gasteiger partial charge in [-0.1, -0.05) is 6.92 Å². The van der Waals surface area contributed by atoms with E-state index in [0.717, 1.165) is 18.2 Å². The molecule has 0 saturated carbocycles. The summed E-state index contributed by atoms with van der Waals surface area (Å²) in [6.07, 6.45) is 0.555. The summed E-state index contributed by atoms with van der Waals surface area (Å²) in [5.74, 6) is -2.05. The van der Waals surface area contributed by atoms with Crippen LogP contribution in [0.4, 0.5) is 14.5 Å². The van der Waals surface area contributed by atoms with Gasteiger partial charge in [0.2, 0.25) is 5.91 Å². The molecule has 1 unspecified atom stereocenters. The van der Waals surface area contributed by atoms with Crippen LogP contribution >= 0.6 is 0 Å². The van der Waals surface area contributed by atoms with Crippen molar-refractivity contribution in [2.45, 2.75) is 13.3 Å². The van der Waals surface area contributed by atoms with Crippen LogP contribution in [0.5, 0.6) is 0 Å². The molecule has 0 fully saturated rings. The monoisotopic (exact) mass is 228 g/mol. The maximum Gasteiger partial charge on any atom is 0.228 e. The Labute approximate surface area is 92.6 Å². The highest BCUT2D eigenvalue weighted by atomic mass is 19.1. The highest BCUT2D eigenvalue weighted by Gasteiger charge is 2.16. The van der Waals surface area contributed by atoms with Gasteiger partial charge in [0.1, 0.15) is 11.6 Å². The number of rotatable bonds is 4. The largest absolute Gasteiger partial charge is 0.330 e. The van der Waals surface area contributed by atoms with Crippen LogP contribution < -0.4 is 11.1 Å². The predicted molar refractivity (Wildman–Crippen MR) is 57.8 cm³/mol. The Kier molecular flexibility index (Phi) is 4.37. The van der Waals surface area contributed by atoms with Crippen LogP contribution in [0.15, 0.2) is 18.2 Å². The number of halogens is 2. The summed E-state index contributed by atoms with van der Waals surface area (Å²) in [5, 5.41) is 2.32. The van der Waals surface area contributed by atoms with E-state index in [1.165, 1.54) is 0 Å². The third kappa shape index (κ3) is 3.00. The maximum atomic E-state index is 13.2. The fourth-order valence-corrected chi connectivity index (χ4v) is 1.29. The van der Waals surface area contributed by atoms with Gasteiger partial charge in [0.05, 0.1) is 11.6 Å². The third-order valence-electron chi connectivity index (χ3n) is 2.33. The predicted octanol–water partition coefficient (Wildman–Crippen LogP) is 1.89. The zero-order chi connectivity index (χ0) is 12.1. The van der Waals surface area contributed by atoms with Gasteiger partial charge < -0.3 is 11.1 Å². The van der Waals surface area contributed by atoms with E-state index < -0.39 is 17.5 Å². The van der Waals surface area contributed by atoms with Crippen molar-refractivity contribution in [1.82, 2.24) is 0 Å². The first-order valence-electron chi connectivity index (χ1n) is 5.04. The Morgan fingerprint density at radius 2 is 2.19 bits per heavy atom. The Balaban J connectivity index is 2.80. The van der Waals surface area contributed by atoms with E-state index in [0.29, 0.717) is 6.42 Å². The number of carbonyl (C=O) groups is 1. The van der Waals surface area contributed by atoms with Crippen molar-refractivity contribution >= 4 is 11.6 Å². The van der Waals surface area contributed by atoms with E-state index in [9.17, 15) is 13.6 Å². The highest BCUT2D eigenvalue weighted by molar-refractivity contribution is 5.92. The molecule has 88 valence electrons. The molecule has 0 aromatic heterocycles. The van der Waals surface area contributed by atoms with E-state index in [4.69, 9.17) is 5.73 Å². The number of hydrogen-bond donors (Lipinski definition) is 2. The molecule has 3 nitrogen and oxygen atoms in total. The summed E-state index contributed by atoms with van der Waals surface area (Å²) in [4.78, 5) is 11.6. The van der Waals surface area contributed by atoms with Crippen LogP contribution in [0.2, 0.25) is 0 Å². The van der Waals surface area contributed by atoms with Crippen LogP contribution in [-0.4, -0.2) is 12.5 Å². The van der Waals surface area contributed by atoms with Crippen LogP contribution in [-0.2, 0) is 4.79 Å². The molecule has 0 aliphatic rings. The van der Waals surface area contributed by atoms with E-state index in [1.807, 2.05) is 0 Å². The second-order valence-corrected chi connectivity index (χ2v) is 3.45. The van der Waals surface area contributed by atoms with Gasteiger partial charge in [-0.3, -0.25) is 4.79 Å². The SMILES string of the molecule is CCC(CN)C(=O)Nc1cc(F)ccc1F. The summed E-state index contributed by atoms with van der Waals surface area (Å²) >= 11 is 0. The van der Waals surface area contributed by atoms with E-state index in [2.05, 4.69) is 5.32 Å². The number of nitrogens with two attached hydrogens (primary N) is 1. The zero-order valence-corrected chi connectivity index (χ0v) is 8.97. The summed E-state index contributed by atoms with van der Waals surface area (Å²) < 4.78 is 26.0. The smallest absolute Gasteiger partial charge is 0.228 e. The number of benzene rings is 1. The second-order valence-electron chi connectivity index (χ2n) is 3.45. The molecule has 0 bridgehead atoms. The van der Waals surface area contributed by atoms with E-state index >= 15 is 0 Å². The molecule has 16 heavy (non-hydrogen) atoms. The average Bonchev–Trinajstić information content (AvgIpc) is 2.25. The van der Waals surface area contributed by atoms with Crippen LogP contribution in [0.3, 0.4) is 0 Å². The first-order chi connectivity index (χ1) is 7.58. The summed E-state index contributed by atoms with van der Waals surface area (Å²) in [6, 6.07) is 2.90. The number of hydrogen-bond acceptors (Lipinski definition) is 2. The Morgan fingerprint density at radius 3 is 2.75 bits per heavy atom. The molecule has 0 radical (unpaired) electrons. The van der Waals surface area contributed by atoms with Gasteiger partial charge in [-0.15, -0.1) is 0 Å². The zero-order valence-electron chi connectivity index (χ0n) is 8.97. The molecule has 1 amide bonds. The molecule has 0 saturated heterocycles. The average molecular weight is 228 g/mol. The van der Waals surface area contributed by atoms with Gasteiger partial charge in [0, 0.05) is 12.6 Å². The van der Waals surface area contributed by atoms with E-state index in [1.54, 1.807) is 6.92 Å². The first kappa shape index (κ1) is 12.6. The number of anilines is 1. The lowest BCUT2D eigenvalue weighted by molar-refractivity contribution is -0.119. The van der Waals surface area contributed by atoms with Crippen molar-refractivity contribution in [2.24, 2.45) is 11.7 Å². The third-order valence-corrected chi connectivity index (χ3v) is 2.33. The molecule has 0 heterocycles. The van der Waals surface area contributed by atoms with Crippen LogP contribution in [0.25, 0.3) is 0 Å². The number of nitrogens with one attached hydrogen (secondary N) is 1. The van der Waals surface area contributed by atoms with E-state index in [-0.39, 0.29) is 18.2 Å². The minimum atomic E-state index is -0.665. The fourth-order valence-electron chi connectivity index (χ4n) is 1.29. The molecule has 5 heteroatoms. The van der Waals surface area contributed by atoms with Gasteiger partial charge in [0.25, 0.3) is 0 Å². The van der Waals surface area contributed by atoms with Crippen molar-refractivity contribution in [1.29, 1.82) is 0 Å². The Bertz CT molecular complexity index is 378. The number of carbonyl (C=O) groups excluding carboxylic acids is 1. The highest BCUT2D eigenvalue weighted by Crippen LogP contribution is 2.16. The van der Waals surface area contributed by atoms with Crippen molar-refractivity contribution in [3.05, 3.63) is 29.8 Å². The Morgan fingerprint density at radius 1 is 1.50 bits per heavy atom. The molecule has 1 aromatic carbocycles. The summed E-state index contributed by atoms with van der Waals surface area (Å²) in [7, 11) is 0. The van der Waals surface area contributed by atoms with Crippen LogP contribution in [0, 0.1) is 17.6 Å². The van der Waals surface area contributed by atoms with Gasteiger partial charge in [-0.2, -0.15) is 0 Å². The molecular weight excluding hydrogens is 214 g/mol. The standard InChI is InChI=1S/C11H14F2N2O/c1-2-7(6-14)11(16)15-10-5-8(12)3-4-9(10)13/h3-5,7H,2,6,14H2,1H3,(H,15,16). The summed E-state index contributed by atoms with van der Waals surface area (Å²) in [6.45, 7) is 1.98. The lowest BCUT2D eigenvalue weighted by Crippen LogP contribution is -2.29. The normalized spacial score (nSPS) is 12.2. The molecule has 1 aromatic rings. The van der Waals surface area contributed by atoms with Gasteiger partial charge >= 0.3 is 0 Å². The second kappa shape index (κ2) is 5.55. The molecule has 0 spiro atoms. The van der Waals surface area contributed by atoms with Crippen molar-refractivity contribution in [3.8, 4) is 0 Å². The van der Waals surface area contributed by atoms with Crippen molar-refractivity contribution < 1.29 is 13.6 Å². The first-order valence-corrected chi connectivity index (χ1v) is 5.04. The topological polar surface area (TPSA) is 55.1 Å². The molecule has 0 aliphatic carbocycles. The van der Waals surface area contributed by atoms with Crippen molar-refractivity contribution in [3.63, 3.8) is 0 Å². The number of amides is 1. The molecule has 1 atom stereocenters. The Hall–Kier alpha value is -1.49. The lowest BCUT2D eigenvalue weighted by atomic mass is 10.1. The minimum absolute atomic E-state index is 0.156. The lowest BCUT2D eigenvalue weighted by Gasteiger charge is -2.13.